The van der Waals surface area contributed by atoms with Gasteiger partial charge in [-0.3, -0.25) is 0 Å². The summed E-state index contributed by atoms with van der Waals surface area (Å²) >= 11 is 0. The van der Waals surface area contributed by atoms with Crippen LogP contribution in [0.4, 0.5) is 24.8 Å². The van der Waals surface area contributed by atoms with Crippen LogP contribution in [0.5, 0.6) is 0 Å². The van der Waals surface area contributed by atoms with Crippen LogP contribution in [0, 0.1) is 0 Å². The van der Waals surface area contributed by atoms with E-state index in [-0.39, 0.29) is 11.6 Å². The predicted octanol–water partition coefficient (Wildman–Crippen LogP) is 9.00. The van der Waals surface area contributed by atoms with E-state index in [2.05, 4.69) is 27.4 Å². The zero-order valence-corrected chi connectivity index (χ0v) is 20.0. The Kier molecular flexibility index (Phi) is 7.07. The van der Waals surface area contributed by atoms with Crippen LogP contribution in [-0.4, -0.2) is 9.97 Å². The molecule has 0 atom stereocenters. The number of hydrogen-bond donors (Lipinski definition) is 1. The molecule has 0 aliphatic heterocycles. The number of hydrogen-bond acceptors (Lipinski definition) is 3. The molecule has 0 saturated heterocycles. The second kappa shape index (κ2) is 10.4. The van der Waals surface area contributed by atoms with Crippen molar-refractivity contribution < 1.29 is 13.2 Å². The molecule has 0 spiro atoms. The SMILES string of the molecule is FC(F)(F)c1cnc(Nc2ccc(C3CCCCC3)cc2)nc1-c1cccc(C2CCCCC2)c1. The zero-order valence-electron chi connectivity index (χ0n) is 20.0. The lowest BCUT2D eigenvalue weighted by molar-refractivity contribution is -0.137. The van der Waals surface area contributed by atoms with Crippen molar-refractivity contribution in [1.29, 1.82) is 0 Å². The molecule has 2 aliphatic carbocycles. The van der Waals surface area contributed by atoms with Crippen molar-refractivity contribution in [2.45, 2.75) is 82.2 Å². The molecule has 2 saturated carbocycles. The quantitative estimate of drug-likeness (QED) is 0.397. The van der Waals surface area contributed by atoms with Crippen LogP contribution in [0.25, 0.3) is 11.3 Å². The summed E-state index contributed by atoms with van der Waals surface area (Å²) in [6.07, 6.45) is 8.41. The van der Waals surface area contributed by atoms with Crippen LogP contribution in [0.2, 0.25) is 0 Å². The molecular formula is C29H32F3N3. The van der Waals surface area contributed by atoms with Gasteiger partial charge in [0.05, 0.1) is 5.69 Å². The van der Waals surface area contributed by atoms with Gasteiger partial charge in [-0.25, -0.2) is 9.97 Å². The van der Waals surface area contributed by atoms with Gasteiger partial charge in [0.25, 0.3) is 0 Å². The lowest BCUT2D eigenvalue weighted by atomic mass is 9.83. The van der Waals surface area contributed by atoms with Gasteiger partial charge in [0.2, 0.25) is 5.95 Å². The van der Waals surface area contributed by atoms with E-state index in [1.54, 1.807) is 6.07 Å². The fourth-order valence-electron chi connectivity index (χ4n) is 5.65. The van der Waals surface area contributed by atoms with Crippen LogP contribution < -0.4 is 5.32 Å². The van der Waals surface area contributed by atoms with Gasteiger partial charge in [0, 0.05) is 17.4 Å². The summed E-state index contributed by atoms with van der Waals surface area (Å²) in [5.41, 5.74) is 2.79. The number of rotatable bonds is 5. The normalized spacial score (nSPS) is 17.9. The highest BCUT2D eigenvalue weighted by molar-refractivity contribution is 5.67. The van der Waals surface area contributed by atoms with Gasteiger partial charge in [0.1, 0.15) is 5.56 Å². The minimum Gasteiger partial charge on any atom is -0.324 e. The van der Waals surface area contributed by atoms with Gasteiger partial charge in [-0.1, -0.05) is 68.9 Å². The molecule has 1 aromatic heterocycles. The first-order chi connectivity index (χ1) is 17.0. The van der Waals surface area contributed by atoms with Crippen molar-refractivity contribution in [2.24, 2.45) is 0 Å². The standard InChI is InChI=1S/C29H32F3N3/c30-29(31,32)26-19-33-28(34-25-16-14-22(15-17-25)20-8-3-1-4-9-20)35-27(26)24-13-7-12-23(18-24)21-10-5-2-6-11-21/h7,12-21H,1-6,8-11H2,(H,33,34,35). The third-order valence-corrected chi connectivity index (χ3v) is 7.57. The van der Waals surface area contributed by atoms with E-state index in [4.69, 9.17) is 0 Å². The summed E-state index contributed by atoms with van der Waals surface area (Å²) in [5.74, 6) is 1.17. The molecule has 2 aliphatic rings. The zero-order chi connectivity index (χ0) is 24.3. The Labute approximate surface area is 205 Å². The predicted molar refractivity (Wildman–Crippen MR) is 134 cm³/mol. The summed E-state index contributed by atoms with van der Waals surface area (Å²) in [6.45, 7) is 0. The minimum atomic E-state index is -4.53. The molecule has 0 bridgehead atoms. The van der Waals surface area contributed by atoms with Crippen LogP contribution in [0.1, 0.15) is 92.7 Å². The third kappa shape index (κ3) is 5.68. The highest BCUT2D eigenvalue weighted by Gasteiger charge is 2.35. The largest absolute Gasteiger partial charge is 0.419 e. The second-order valence-corrected chi connectivity index (χ2v) is 10.00. The van der Waals surface area contributed by atoms with Crippen molar-refractivity contribution >= 4 is 11.6 Å². The highest BCUT2D eigenvalue weighted by Crippen LogP contribution is 2.39. The first-order valence-corrected chi connectivity index (χ1v) is 12.9. The Hall–Kier alpha value is -2.89. The molecule has 3 aromatic rings. The Bertz CT molecular complexity index is 1130. The Morgan fingerprint density at radius 2 is 1.37 bits per heavy atom. The second-order valence-electron chi connectivity index (χ2n) is 10.00. The van der Waals surface area contributed by atoms with Gasteiger partial charge in [-0.2, -0.15) is 13.2 Å². The fourth-order valence-corrected chi connectivity index (χ4v) is 5.65. The molecule has 35 heavy (non-hydrogen) atoms. The summed E-state index contributed by atoms with van der Waals surface area (Å²) in [4.78, 5) is 8.37. The highest BCUT2D eigenvalue weighted by atomic mass is 19.4. The monoisotopic (exact) mass is 479 g/mol. The van der Waals surface area contributed by atoms with Crippen molar-refractivity contribution in [2.75, 3.05) is 5.32 Å². The van der Waals surface area contributed by atoms with Crippen molar-refractivity contribution in [3.63, 3.8) is 0 Å². The Morgan fingerprint density at radius 3 is 2.00 bits per heavy atom. The Balaban J connectivity index is 1.42. The maximum Gasteiger partial charge on any atom is 0.419 e. The number of benzene rings is 2. The number of alkyl halides is 3. The maximum absolute atomic E-state index is 13.9. The van der Waals surface area contributed by atoms with Crippen LogP contribution >= 0.6 is 0 Å². The number of aromatic nitrogens is 2. The van der Waals surface area contributed by atoms with Gasteiger partial charge >= 0.3 is 6.18 Å². The first kappa shape index (κ1) is 23.8. The molecule has 0 amide bonds. The molecule has 0 radical (unpaired) electrons. The molecule has 5 rings (SSSR count). The topological polar surface area (TPSA) is 37.8 Å². The third-order valence-electron chi connectivity index (χ3n) is 7.57. The molecule has 2 fully saturated rings. The summed E-state index contributed by atoms with van der Waals surface area (Å²) in [7, 11) is 0. The molecule has 6 heteroatoms. The molecule has 0 unspecified atom stereocenters. The fraction of sp³-hybridized carbons (Fsp3) is 0.448. The van der Waals surface area contributed by atoms with E-state index in [1.807, 2.05) is 30.3 Å². The average Bonchev–Trinajstić information content (AvgIpc) is 2.90. The number of nitrogens with one attached hydrogen (secondary N) is 1. The summed E-state index contributed by atoms with van der Waals surface area (Å²) in [6, 6.07) is 15.6. The van der Waals surface area contributed by atoms with Crippen molar-refractivity contribution in [3.05, 3.63) is 71.4 Å². The van der Waals surface area contributed by atoms with E-state index >= 15 is 0 Å². The smallest absolute Gasteiger partial charge is 0.324 e. The Morgan fingerprint density at radius 1 is 0.743 bits per heavy atom. The van der Waals surface area contributed by atoms with Crippen LogP contribution in [0.3, 0.4) is 0 Å². The van der Waals surface area contributed by atoms with Gasteiger partial charge in [0.15, 0.2) is 0 Å². The lowest BCUT2D eigenvalue weighted by Crippen LogP contribution is -2.11. The van der Waals surface area contributed by atoms with Crippen molar-refractivity contribution in [1.82, 2.24) is 9.97 Å². The van der Waals surface area contributed by atoms with E-state index in [1.165, 1.54) is 56.9 Å². The molecule has 3 nitrogen and oxygen atoms in total. The maximum atomic E-state index is 13.9. The van der Waals surface area contributed by atoms with Gasteiger partial charge in [-0.05, 0) is 66.8 Å². The summed E-state index contributed by atoms with van der Waals surface area (Å²) < 4.78 is 41.6. The number of nitrogens with zero attached hydrogens (tertiary/aromatic N) is 2. The number of halogens is 3. The van der Waals surface area contributed by atoms with Gasteiger partial charge < -0.3 is 5.32 Å². The van der Waals surface area contributed by atoms with E-state index in [0.29, 0.717) is 17.4 Å². The first-order valence-electron chi connectivity index (χ1n) is 12.9. The molecule has 184 valence electrons. The van der Waals surface area contributed by atoms with E-state index < -0.39 is 11.7 Å². The molecule has 1 N–H and O–H groups in total. The van der Waals surface area contributed by atoms with Crippen LogP contribution in [-0.2, 0) is 6.18 Å². The summed E-state index contributed by atoms with van der Waals surface area (Å²) in [5, 5.41) is 3.11. The van der Waals surface area contributed by atoms with Gasteiger partial charge in [-0.15, -0.1) is 0 Å². The molecular weight excluding hydrogens is 447 g/mol. The van der Waals surface area contributed by atoms with Crippen molar-refractivity contribution in [3.8, 4) is 11.3 Å². The van der Waals surface area contributed by atoms with E-state index in [0.717, 1.165) is 30.3 Å². The lowest BCUT2D eigenvalue weighted by Gasteiger charge is -2.23. The molecule has 1 heterocycles. The molecule has 2 aromatic carbocycles. The van der Waals surface area contributed by atoms with E-state index in [9.17, 15) is 13.2 Å². The van der Waals surface area contributed by atoms with Crippen LogP contribution in [0.15, 0.2) is 54.7 Å². The minimum absolute atomic E-state index is 0.0773. The number of anilines is 2. The average molecular weight is 480 g/mol.